The van der Waals surface area contributed by atoms with Gasteiger partial charge in [-0.25, -0.2) is 0 Å². The van der Waals surface area contributed by atoms with Crippen molar-refractivity contribution >= 4 is 17.5 Å². The van der Waals surface area contributed by atoms with Gasteiger partial charge in [-0.3, -0.25) is 9.69 Å². The van der Waals surface area contributed by atoms with Gasteiger partial charge in [-0.15, -0.1) is 0 Å². The van der Waals surface area contributed by atoms with Crippen LogP contribution >= 0.6 is 11.6 Å². The summed E-state index contributed by atoms with van der Waals surface area (Å²) >= 11 is 5.88. The Kier molecular flexibility index (Phi) is 4.56. The number of carbonyl (C=O) groups is 1. The number of halogens is 4. The Balaban J connectivity index is 1.61. The minimum absolute atomic E-state index is 0.225. The third-order valence-corrected chi connectivity index (χ3v) is 5.01. The summed E-state index contributed by atoms with van der Waals surface area (Å²) in [4.78, 5) is 13.5. The summed E-state index contributed by atoms with van der Waals surface area (Å²) < 4.78 is 37.1. The van der Waals surface area contributed by atoms with Crippen molar-refractivity contribution in [2.24, 2.45) is 0 Å². The zero-order chi connectivity index (χ0) is 16.6. The largest absolute Gasteiger partial charge is 0.471 e. The standard InChI is InChI=1S/C16H18ClF3N2O/c17-11-3-1-10(2-4-11)9-22-13-5-6-14(22)8-12(7-13)21-15(23)16(18,19)20/h1-4,12-14H,5-9H2,(H,21,23)/t12?,13-,14+. The van der Waals surface area contributed by atoms with Crippen molar-refractivity contribution in [2.75, 3.05) is 0 Å². The molecule has 7 heteroatoms. The summed E-state index contributed by atoms with van der Waals surface area (Å²) in [7, 11) is 0. The highest BCUT2D eigenvalue weighted by Crippen LogP contribution is 2.37. The van der Waals surface area contributed by atoms with Crippen LogP contribution in [0.15, 0.2) is 24.3 Å². The Bertz CT molecular complexity index is 562. The Morgan fingerprint density at radius 2 is 1.74 bits per heavy atom. The van der Waals surface area contributed by atoms with Crippen molar-refractivity contribution in [2.45, 2.75) is 56.5 Å². The van der Waals surface area contributed by atoms with E-state index in [-0.39, 0.29) is 18.1 Å². The number of hydrogen-bond donors (Lipinski definition) is 1. The number of nitrogens with one attached hydrogen (secondary N) is 1. The molecule has 2 bridgehead atoms. The lowest BCUT2D eigenvalue weighted by molar-refractivity contribution is -0.174. The van der Waals surface area contributed by atoms with Crippen LogP contribution < -0.4 is 5.32 Å². The van der Waals surface area contributed by atoms with Crippen molar-refractivity contribution in [3.8, 4) is 0 Å². The smallest absolute Gasteiger partial charge is 0.345 e. The fourth-order valence-corrected chi connectivity index (χ4v) is 3.84. The highest BCUT2D eigenvalue weighted by molar-refractivity contribution is 6.30. The first kappa shape index (κ1) is 16.6. The lowest BCUT2D eigenvalue weighted by Crippen LogP contribution is -2.52. The van der Waals surface area contributed by atoms with Crippen LogP contribution in [0.5, 0.6) is 0 Å². The molecule has 2 aliphatic heterocycles. The zero-order valence-corrected chi connectivity index (χ0v) is 13.2. The van der Waals surface area contributed by atoms with Gasteiger partial charge in [0, 0.05) is 29.7 Å². The fraction of sp³-hybridized carbons (Fsp3) is 0.562. The van der Waals surface area contributed by atoms with Crippen LogP contribution in [0.4, 0.5) is 13.2 Å². The molecule has 2 aliphatic rings. The van der Waals surface area contributed by atoms with E-state index in [1.807, 2.05) is 24.3 Å². The summed E-state index contributed by atoms with van der Waals surface area (Å²) in [5.41, 5.74) is 1.14. The molecule has 3 rings (SSSR count). The van der Waals surface area contributed by atoms with Crippen LogP contribution in [0.2, 0.25) is 5.02 Å². The van der Waals surface area contributed by atoms with E-state index in [1.165, 1.54) is 0 Å². The predicted molar refractivity (Wildman–Crippen MR) is 81.0 cm³/mol. The van der Waals surface area contributed by atoms with Gasteiger partial charge in [0.15, 0.2) is 0 Å². The van der Waals surface area contributed by atoms with Crippen LogP contribution in [-0.4, -0.2) is 35.1 Å². The molecular weight excluding hydrogens is 329 g/mol. The summed E-state index contributed by atoms with van der Waals surface area (Å²) in [6.45, 7) is 0.770. The second kappa shape index (κ2) is 6.32. The molecule has 2 fully saturated rings. The molecule has 3 nitrogen and oxygen atoms in total. The van der Waals surface area contributed by atoms with Crippen LogP contribution in [0.25, 0.3) is 0 Å². The molecule has 1 aromatic rings. The summed E-state index contributed by atoms with van der Waals surface area (Å²) in [5, 5.41) is 2.83. The third-order valence-electron chi connectivity index (χ3n) is 4.76. The first-order chi connectivity index (χ1) is 10.8. The number of fused-ring (bicyclic) bond motifs is 2. The molecular formula is C16H18ClF3N2O. The van der Waals surface area contributed by atoms with Crippen molar-refractivity contribution in [1.29, 1.82) is 0 Å². The fourth-order valence-electron chi connectivity index (χ4n) is 3.72. The van der Waals surface area contributed by atoms with Gasteiger partial charge in [0.1, 0.15) is 0 Å². The van der Waals surface area contributed by atoms with E-state index in [0.717, 1.165) is 24.9 Å². The normalized spacial score (nSPS) is 27.9. The highest BCUT2D eigenvalue weighted by Gasteiger charge is 2.44. The number of amides is 1. The first-order valence-electron chi connectivity index (χ1n) is 7.71. The number of piperidine rings is 1. The molecule has 23 heavy (non-hydrogen) atoms. The molecule has 1 amide bonds. The monoisotopic (exact) mass is 346 g/mol. The van der Waals surface area contributed by atoms with Gasteiger partial charge in [0.2, 0.25) is 0 Å². The maximum absolute atomic E-state index is 12.4. The molecule has 0 saturated carbocycles. The molecule has 0 spiro atoms. The minimum Gasteiger partial charge on any atom is -0.345 e. The van der Waals surface area contributed by atoms with Crippen molar-refractivity contribution in [3.05, 3.63) is 34.9 Å². The lowest BCUT2D eigenvalue weighted by atomic mass is 9.96. The van der Waals surface area contributed by atoms with Crippen molar-refractivity contribution in [1.82, 2.24) is 10.2 Å². The molecule has 3 atom stereocenters. The molecule has 2 heterocycles. The third kappa shape index (κ3) is 3.80. The molecule has 0 aromatic heterocycles. The Morgan fingerprint density at radius 3 is 2.26 bits per heavy atom. The maximum atomic E-state index is 12.4. The molecule has 1 N–H and O–H groups in total. The Hall–Kier alpha value is -1.27. The molecule has 1 unspecified atom stereocenters. The van der Waals surface area contributed by atoms with E-state index in [2.05, 4.69) is 10.2 Å². The number of hydrogen-bond acceptors (Lipinski definition) is 2. The van der Waals surface area contributed by atoms with Gasteiger partial charge in [-0.05, 0) is 43.4 Å². The minimum atomic E-state index is -4.81. The van der Waals surface area contributed by atoms with Gasteiger partial charge >= 0.3 is 12.1 Å². The molecule has 0 radical (unpaired) electrons. The number of rotatable bonds is 3. The molecule has 0 aliphatic carbocycles. The lowest BCUT2D eigenvalue weighted by Gasteiger charge is -2.39. The Labute approximate surface area is 137 Å². The van der Waals surface area contributed by atoms with E-state index < -0.39 is 12.1 Å². The van der Waals surface area contributed by atoms with Gasteiger partial charge in [0.05, 0.1) is 0 Å². The number of nitrogens with zero attached hydrogens (tertiary/aromatic N) is 1. The van der Waals surface area contributed by atoms with Gasteiger partial charge in [-0.2, -0.15) is 13.2 Å². The SMILES string of the molecule is O=C(NC1C[C@H]2CC[C@@H](C1)N2Cc1ccc(Cl)cc1)C(F)(F)F. The number of carbonyl (C=O) groups excluding carboxylic acids is 1. The highest BCUT2D eigenvalue weighted by atomic mass is 35.5. The first-order valence-corrected chi connectivity index (χ1v) is 8.08. The van der Waals surface area contributed by atoms with Crippen LogP contribution in [-0.2, 0) is 11.3 Å². The van der Waals surface area contributed by atoms with Crippen LogP contribution in [0.1, 0.15) is 31.2 Å². The summed E-state index contributed by atoms with van der Waals surface area (Å²) in [5.74, 6) is -1.83. The van der Waals surface area contributed by atoms with E-state index in [1.54, 1.807) is 0 Å². The van der Waals surface area contributed by atoms with Crippen molar-refractivity contribution < 1.29 is 18.0 Å². The topological polar surface area (TPSA) is 32.3 Å². The van der Waals surface area contributed by atoms with E-state index in [0.29, 0.717) is 17.9 Å². The maximum Gasteiger partial charge on any atom is 0.471 e. The molecule has 1 aromatic carbocycles. The number of benzene rings is 1. The average Bonchev–Trinajstić information content (AvgIpc) is 2.70. The second-order valence-corrected chi connectivity index (χ2v) is 6.76. The van der Waals surface area contributed by atoms with Crippen LogP contribution in [0, 0.1) is 0 Å². The van der Waals surface area contributed by atoms with Gasteiger partial charge < -0.3 is 5.32 Å². The quantitative estimate of drug-likeness (QED) is 0.908. The van der Waals surface area contributed by atoms with E-state index >= 15 is 0 Å². The zero-order valence-electron chi connectivity index (χ0n) is 12.4. The van der Waals surface area contributed by atoms with Crippen molar-refractivity contribution in [3.63, 3.8) is 0 Å². The van der Waals surface area contributed by atoms with Crippen LogP contribution in [0.3, 0.4) is 0 Å². The summed E-state index contributed by atoms with van der Waals surface area (Å²) in [6.07, 6.45) is -1.72. The molecule has 126 valence electrons. The van der Waals surface area contributed by atoms with E-state index in [9.17, 15) is 18.0 Å². The van der Waals surface area contributed by atoms with E-state index in [4.69, 9.17) is 11.6 Å². The average molecular weight is 347 g/mol. The Morgan fingerprint density at radius 1 is 1.17 bits per heavy atom. The molecule has 2 saturated heterocycles. The number of alkyl halides is 3. The van der Waals surface area contributed by atoms with Gasteiger partial charge in [-0.1, -0.05) is 23.7 Å². The van der Waals surface area contributed by atoms with Gasteiger partial charge in [0.25, 0.3) is 0 Å². The second-order valence-electron chi connectivity index (χ2n) is 6.32. The predicted octanol–water partition coefficient (Wildman–Crippen LogP) is 3.51. The summed E-state index contributed by atoms with van der Waals surface area (Å²) in [6, 6.07) is 7.69.